The molecule has 0 aliphatic heterocycles. The molecule has 0 radical (unpaired) electrons. The second-order valence-corrected chi connectivity index (χ2v) is 5.68. The first kappa shape index (κ1) is 17.6. The van der Waals surface area contributed by atoms with E-state index in [1.807, 2.05) is 32.0 Å². The number of anilines is 1. The zero-order valence-electron chi connectivity index (χ0n) is 13.4. The first-order chi connectivity index (χ1) is 11.4. The van der Waals surface area contributed by atoms with Crippen LogP contribution >= 0.6 is 11.6 Å². The second-order valence-electron chi connectivity index (χ2n) is 5.25. The van der Waals surface area contributed by atoms with Crippen molar-refractivity contribution in [2.24, 2.45) is 0 Å². The van der Waals surface area contributed by atoms with Gasteiger partial charge in [-0.05, 0) is 61.4 Å². The molecule has 2 aromatic carbocycles. The van der Waals surface area contributed by atoms with Gasteiger partial charge in [0.1, 0.15) is 5.75 Å². The molecule has 2 rings (SSSR count). The molecule has 0 aliphatic carbocycles. The van der Waals surface area contributed by atoms with Gasteiger partial charge in [-0.25, -0.2) is 10.2 Å². The van der Waals surface area contributed by atoms with E-state index in [1.165, 1.54) is 0 Å². The van der Waals surface area contributed by atoms with Crippen molar-refractivity contribution in [2.45, 2.75) is 13.8 Å². The summed E-state index contributed by atoms with van der Waals surface area (Å²) in [6.07, 6.45) is 0. The number of rotatable bonds is 4. The number of hydrogen-bond donors (Lipinski definition) is 3. The molecule has 0 saturated heterocycles. The van der Waals surface area contributed by atoms with Gasteiger partial charge in [0, 0.05) is 10.7 Å². The number of halogens is 1. The molecule has 0 spiro atoms. The third-order valence-electron chi connectivity index (χ3n) is 2.98. The Morgan fingerprint density at radius 1 is 1.00 bits per heavy atom. The maximum Gasteiger partial charge on any atom is 0.337 e. The van der Waals surface area contributed by atoms with Crippen LogP contribution in [0.3, 0.4) is 0 Å². The van der Waals surface area contributed by atoms with E-state index in [0.29, 0.717) is 16.5 Å². The predicted octanol–water partition coefficient (Wildman–Crippen LogP) is 3.19. The number of ether oxygens (including phenoxy) is 1. The van der Waals surface area contributed by atoms with E-state index >= 15 is 0 Å². The molecule has 0 fully saturated rings. The van der Waals surface area contributed by atoms with Crippen LogP contribution < -0.4 is 20.9 Å². The van der Waals surface area contributed by atoms with Crippen molar-refractivity contribution in [1.29, 1.82) is 0 Å². The Morgan fingerprint density at radius 3 is 2.25 bits per heavy atom. The summed E-state index contributed by atoms with van der Waals surface area (Å²) in [5.74, 6) is 0.133. The SMILES string of the molecule is Cc1cc(C)cc(OCC(=O)NNC(=O)Nc2ccc(Cl)cc2)c1. The van der Waals surface area contributed by atoms with Gasteiger partial charge in [-0.15, -0.1) is 0 Å². The topological polar surface area (TPSA) is 79.5 Å². The first-order valence-electron chi connectivity index (χ1n) is 7.25. The fourth-order valence-electron chi connectivity index (χ4n) is 2.02. The Balaban J connectivity index is 1.74. The van der Waals surface area contributed by atoms with Gasteiger partial charge in [-0.3, -0.25) is 10.2 Å². The van der Waals surface area contributed by atoms with E-state index in [4.69, 9.17) is 16.3 Å². The molecule has 0 unspecified atom stereocenters. The highest BCUT2D eigenvalue weighted by Gasteiger charge is 2.06. The lowest BCUT2D eigenvalue weighted by molar-refractivity contribution is -0.123. The number of aryl methyl sites for hydroxylation is 2. The van der Waals surface area contributed by atoms with Crippen LogP contribution in [0.1, 0.15) is 11.1 Å². The molecule has 7 heteroatoms. The number of amides is 3. The van der Waals surface area contributed by atoms with E-state index in [1.54, 1.807) is 24.3 Å². The third-order valence-corrected chi connectivity index (χ3v) is 3.23. The summed E-state index contributed by atoms with van der Waals surface area (Å²) in [6, 6.07) is 11.7. The van der Waals surface area contributed by atoms with E-state index < -0.39 is 11.9 Å². The molecule has 3 amide bonds. The standard InChI is InChI=1S/C17H18ClN3O3/c1-11-7-12(2)9-15(8-11)24-10-16(22)20-21-17(23)19-14-5-3-13(18)4-6-14/h3-9H,10H2,1-2H3,(H,20,22)(H2,19,21,23). The highest BCUT2D eigenvalue weighted by Crippen LogP contribution is 2.16. The van der Waals surface area contributed by atoms with Crippen LogP contribution in [0.2, 0.25) is 5.02 Å². The zero-order chi connectivity index (χ0) is 17.5. The van der Waals surface area contributed by atoms with Crippen LogP contribution in [0.15, 0.2) is 42.5 Å². The molecule has 3 N–H and O–H groups in total. The largest absolute Gasteiger partial charge is 0.484 e. The molecular weight excluding hydrogens is 330 g/mol. The van der Waals surface area contributed by atoms with Crippen LogP contribution in [0.25, 0.3) is 0 Å². The molecule has 6 nitrogen and oxygen atoms in total. The maximum atomic E-state index is 11.7. The van der Waals surface area contributed by atoms with Crippen molar-refractivity contribution in [2.75, 3.05) is 11.9 Å². The van der Waals surface area contributed by atoms with Gasteiger partial charge in [0.25, 0.3) is 5.91 Å². The lowest BCUT2D eigenvalue weighted by atomic mass is 10.1. The Labute approximate surface area is 145 Å². The highest BCUT2D eigenvalue weighted by molar-refractivity contribution is 6.30. The van der Waals surface area contributed by atoms with Gasteiger partial charge in [-0.1, -0.05) is 17.7 Å². The Bertz CT molecular complexity index is 712. The summed E-state index contributed by atoms with van der Waals surface area (Å²) < 4.78 is 5.39. The van der Waals surface area contributed by atoms with Gasteiger partial charge in [0.2, 0.25) is 0 Å². The van der Waals surface area contributed by atoms with Crippen molar-refractivity contribution in [1.82, 2.24) is 10.9 Å². The zero-order valence-corrected chi connectivity index (χ0v) is 14.1. The molecule has 0 heterocycles. The highest BCUT2D eigenvalue weighted by atomic mass is 35.5. The van der Waals surface area contributed by atoms with Gasteiger partial charge in [-0.2, -0.15) is 0 Å². The summed E-state index contributed by atoms with van der Waals surface area (Å²) in [6.45, 7) is 3.69. The van der Waals surface area contributed by atoms with Crippen LogP contribution in [-0.2, 0) is 4.79 Å². The molecule has 0 bridgehead atoms. The molecule has 126 valence electrons. The lowest BCUT2D eigenvalue weighted by Crippen LogP contribution is -2.45. The number of carbonyl (C=O) groups is 2. The number of carbonyl (C=O) groups excluding carboxylic acids is 2. The van der Waals surface area contributed by atoms with Crippen LogP contribution in [0.5, 0.6) is 5.75 Å². The quantitative estimate of drug-likeness (QED) is 0.743. The third kappa shape index (κ3) is 5.81. The molecule has 0 aromatic heterocycles. The van der Waals surface area contributed by atoms with E-state index in [0.717, 1.165) is 11.1 Å². The Morgan fingerprint density at radius 2 is 1.62 bits per heavy atom. The van der Waals surface area contributed by atoms with E-state index in [9.17, 15) is 9.59 Å². The summed E-state index contributed by atoms with van der Waals surface area (Å²) in [7, 11) is 0. The molecule has 0 atom stereocenters. The van der Waals surface area contributed by atoms with Crippen molar-refractivity contribution in [3.8, 4) is 5.75 Å². The Hall–Kier alpha value is -2.73. The molecule has 0 aliphatic rings. The van der Waals surface area contributed by atoms with Crippen LogP contribution in [0, 0.1) is 13.8 Å². The summed E-state index contributed by atoms with van der Waals surface area (Å²) in [4.78, 5) is 23.3. The number of hydrogen-bond acceptors (Lipinski definition) is 3. The van der Waals surface area contributed by atoms with E-state index in [-0.39, 0.29) is 6.61 Å². The van der Waals surface area contributed by atoms with Crippen molar-refractivity contribution in [3.63, 3.8) is 0 Å². The van der Waals surface area contributed by atoms with Crippen molar-refractivity contribution in [3.05, 3.63) is 58.6 Å². The van der Waals surface area contributed by atoms with Gasteiger partial charge < -0.3 is 10.1 Å². The monoisotopic (exact) mass is 347 g/mol. The molecular formula is C17H18ClN3O3. The van der Waals surface area contributed by atoms with Crippen LogP contribution in [0.4, 0.5) is 10.5 Å². The number of benzene rings is 2. The lowest BCUT2D eigenvalue weighted by Gasteiger charge is -2.10. The fourth-order valence-corrected chi connectivity index (χ4v) is 2.15. The molecule has 24 heavy (non-hydrogen) atoms. The average Bonchev–Trinajstić information content (AvgIpc) is 2.52. The summed E-state index contributed by atoms with van der Waals surface area (Å²) in [5, 5.41) is 3.12. The smallest absolute Gasteiger partial charge is 0.337 e. The van der Waals surface area contributed by atoms with Crippen molar-refractivity contribution >= 4 is 29.2 Å². The average molecular weight is 348 g/mol. The summed E-state index contributed by atoms with van der Waals surface area (Å²) in [5.41, 5.74) is 7.15. The van der Waals surface area contributed by atoms with Crippen LogP contribution in [-0.4, -0.2) is 18.5 Å². The number of nitrogens with one attached hydrogen (secondary N) is 3. The normalized spacial score (nSPS) is 9.96. The fraction of sp³-hybridized carbons (Fsp3) is 0.176. The van der Waals surface area contributed by atoms with Gasteiger partial charge in [0.15, 0.2) is 6.61 Å². The van der Waals surface area contributed by atoms with Gasteiger partial charge in [0.05, 0.1) is 0 Å². The number of hydrazine groups is 1. The predicted molar refractivity (Wildman–Crippen MR) is 93.2 cm³/mol. The van der Waals surface area contributed by atoms with E-state index in [2.05, 4.69) is 16.2 Å². The minimum absolute atomic E-state index is 0.204. The molecule has 0 saturated carbocycles. The maximum absolute atomic E-state index is 11.7. The number of urea groups is 1. The summed E-state index contributed by atoms with van der Waals surface area (Å²) >= 11 is 5.76. The van der Waals surface area contributed by atoms with Crippen molar-refractivity contribution < 1.29 is 14.3 Å². The Kier molecular flexibility index (Phi) is 6.03. The molecule has 2 aromatic rings. The first-order valence-corrected chi connectivity index (χ1v) is 7.62. The second kappa shape index (κ2) is 8.21. The minimum Gasteiger partial charge on any atom is -0.484 e. The van der Waals surface area contributed by atoms with Gasteiger partial charge >= 0.3 is 6.03 Å². The minimum atomic E-state index is -0.572.